The zero-order chi connectivity index (χ0) is 14.0. The van der Waals surface area contributed by atoms with Gasteiger partial charge in [-0.1, -0.05) is 13.8 Å². The Kier molecular flexibility index (Phi) is 4.48. The SMILES string of the molecule is CC(C)CC(C)N1CCC(=O)N2CCCCC2C1=O. The van der Waals surface area contributed by atoms with E-state index in [1.165, 1.54) is 0 Å². The van der Waals surface area contributed by atoms with Gasteiger partial charge in [0.25, 0.3) is 0 Å². The average molecular weight is 266 g/mol. The number of nitrogens with zero attached hydrogens (tertiary/aromatic N) is 2. The van der Waals surface area contributed by atoms with Crippen molar-refractivity contribution in [1.82, 2.24) is 9.80 Å². The third-order valence-corrected chi connectivity index (χ3v) is 4.30. The fourth-order valence-corrected chi connectivity index (χ4v) is 3.40. The molecule has 2 heterocycles. The van der Waals surface area contributed by atoms with Crippen molar-refractivity contribution in [3.05, 3.63) is 0 Å². The van der Waals surface area contributed by atoms with Gasteiger partial charge in [-0.3, -0.25) is 9.59 Å². The highest BCUT2D eigenvalue weighted by Crippen LogP contribution is 2.25. The van der Waals surface area contributed by atoms with Gasteiger partial charge in [0.2, 0.25) is 11.8 Å². The summed E-state index contributed by atoms with van der Waals surface area (Å²) in [6.45, 7) is 7.83. The molecule has 2 saturated heterocycles. The van der Waals surface area contributed by atoms with E-state index in [-0.39, 0.29) is 23.9 Å². The second kappa shape index (κ2) is 5.93. The first kappa shape index (κ1) is 14.4. The normalized spacial score (nSPS) is 26.4. The minimum absolute atomic E-state index is 0.164. The third-order valence-electron chi connectivity index (χ3n) is 4.30. The Morgan fingerprint density at radius 2 is 1.89 bits per heavy atom. The van der Waals surface area contributed by atoms with Gasteiger partial charge in [0.15, 0.2) is 0 Å². The molecular weight excluding hydrogens is 240 g/mol. The zero-order valence-corrected chi connectivity index (χ0v) is 12.4. The van der Waals surface area contributed by atoms with Crippen LogP contribution in [0.25, 0.3) is 0 Å². The van der Waals surface area contributed by atoms with Crippen LogP contribution in [0, 0.1) is 5.92 Å². The summed E-state index contributed by atoms with van der Waals surface area (Å²) in [6, 6.07) is 0.0561. The van der Waals surface area contributed by atoms with Crippen LogP contribution in [0.5, 0.6) is 0 Å². The Labute approximate surface area is 116 Å². The molecule has 0 bridgehead atoms. The Hall–Kier alpha value is -1.06. The number of carbonyl (C=O) groups is 2. The van der Waals surface area contributed by atoms with Crippen LogP contribution in [0.1, 0.15) is 52.9 Å². The molecule has 0 aromatic rings. The van der Waals surface area contributed by atoms with Crippen LogP contribution in [0.2, 0.25) is 0 Å². The van der Waals surface area contributed by atoms with Crippen LogP contribution in [0.3, 0.4) is 0 Å². The minimum Gasteiger partial charge on any atom is -0.338 e. The molecule has 2 fully saturated rings. The van der Waals surface area contributed by atoms with Gasteiger partial charge < -0.3 is 9.80 Å². The second-order valence-corrected chi connectivity index (χ2v) is 6.36. The van der Waals surface area contributed by atoms with Gasteiger partial charge in [0, 0.05) is 25.6 Å². The van der Waals surface area contributed by atoms with Crippen molar-refractivity contribution in [1.29, 1.82) is 0 Å². The standard InChI is InChI=1S/C15H26N2O2/c1-11(2)10-12(3)16-9-7-14(18)17-8-5-4-6-13(17)15(16)19/h11-13H,4-10H2,1-3H3. The zero-order valence-electron chi connectivity index (χ0n) is 12.4. The molecule has 19 heavy (non-hydrogen) atoms. The molecule has 4 nitrogen and oxygen atoms in total. The van der Waals surface area contributed by atoms with E-state index in [4.69, 9.17) is 0 Å². The number of carbonyl (C=O) groups excluding carboxylic acids is 2. The second-order valence-electron chi connectivity index (χ2n) is 6.36. The molecule has 2 rings (SSSR count). The fourth-order valence-electron chi connectivity index (χ4n) is 3.40. The molecular formula is C15H26N2O2. The largest absolute Gasteiger partial charge is 0.338 e. The van der Waals surface area contributed by atoms with E-state index in [0.717, 1.165) is 32.2 Å². The lowest BCUT2D eigenvalue weighted by molar-refractivity contribution is -0.144. The van der Waals surface area contributed by atoms with Crippen molar-refractivity contribution in [2.24, 2.45) is 5.92 Å². The molecule has 0 radical (unpaired) electrons. The summed E-state index contributed by atoms with van der Waals surface area (Å²) in [5, 5.41) is 0. The molecule has 0 aliphatic carbocycles. The van der Waals surface area contributed by atoms with E-state index in [9.17, 15) is 9.59 Å². The van der Waals surface area contributed by atoms with Crippen molar-refractivity contribution >= 4 is 11.8 Å². The van der Waals surface area contributed by atoms with Crippen molar-refractivity contribution < 1.29 is 9.59 Å². The highest BCUT2D eigenvalue weighted by molar-refractivity contribution is 5.90. The number of rotatable bonds is 3. The first-order chi connectivity index (χ1) is 9.00. The molecule has 0 aromatic heterocycles. The molecule has 2 aliphatic heterocycles. The number of hydrogen-bond acceptors (Lipinski definition) is 2. The van der Waals surface area contributed by atoms with Gasteiger partial charge in [-0.15, -0.1) is 0 Å². The summed E-state index contributed by atoms with van der Waals surface area (Å²) >= 11 is 0. The Morgan fingerprint density at radius 1 is 1.16 bits per heavy atom. The lowest BCUT2D eigenvalue weighted by atomic mass is 9.99. The molecule has 2 unspecified atom stereocenters. The summed E-state index contributed by atoms with van der Waals surface area (Å²) in [7, 11) is 0. The Bertz CT molecular complexity index is 354. The predicted molar refractivity (Wildman–Crippen MR) is 74.6 cm³/mol. The quantitative estimate of drug-likeness (QED) is 0.784. The molecule has 108 valence electrons. The molecule has 2 amide bonds. The lowest BCUT2D eigenvalue weighted by Gasteiger charge is -2.36. The number of fused-ring (bicyclic) bond motifs is 1. The first-order valence-corrected chi connectivity index (χ1v) is 7.60. The van der Waals surface area contributed by atoms with Gasteiger partial charge in [0.1, 0.15) is 6.04 Å². The fraction of sp³-hybridized carbons (Fsp3) is 0.867. The van der Waals surface area contributed by atoms with E-state index in [0.29, 0.717) is 18.9 Å². The summed E-state index contributed by atoms with van der Waals surface area (Å²) < 4.78 is 0. The van der Waals surface area contributed by atoms with E-state index in [1.807, 2.05) is 9.80 Å². The first-order valence-electron chi connectivity index (χ1n) is 7.60. The molecule has 2 aliphatic rings. The Balaban J connectivity index is 2.13. The van der Waals surface area contributed by atoms with Crippen molar-refractivity contribution in [3.63, 3.8) is 0 Å². The maximum atomic E-state index is 12.7. The van der Waals surface area contributed by atoms with Gasteiger partial charge in [0.05, 0.1) is 0 Å². The molecule has 0 N–H and O–H groups in total. The highest BCUT2D eigenvalue weighted by Gasteiger charge is 2.38. The van der Waals surface area contributed by atoms with Crippen molar-refractivity contribution in [2.75, 3.05) is 13.1 Å². The van der Waals surface area contributed by atoms with Gasteiger partial charge in [-0.2, -0.15) is 0 Å². The molecule has 0 aromatic carbocycles. The number of amides is 2. The third kappa shape index (κ3) is 3.10. The summed E-state index contributed by atoms with van der Waals surface area (Å²) in [5.41, 5.74) is 0. The molecule has 0 spiro atoms. The van der Waals surface area contributed by atoms with Crippen molar-refractivity contribution in [3.8, 4) is 0 Å². The van der Waals surface area contributed by atoms with E-state index in [2.05, 4.69) is 20.8 Å². The van der Waals surface area contributed by atoms with Crippen molar-refractivity contribution in [2.45, 2.75) is 65.0 Å². The lowest BCUT2D eigenvalue weighted by Crippen LogP contribution is -2.51. The molecule has 4 heteroatoms. The van der Waals surface area contributed by atoms with Gasteiger partial charge in [-0.05, 0) is 38.5 Å². The van der Waals surface area contributed by atoms with Crippen LogP contribution in [0.4, 0.5) is 0 Å². The number of piperidine rings is 1. The van der Waals surface area contributed by atoms with Crippen LogP contribution in [-0.2, 0) is 9.59 Å². The van der Waals surface area contributed by atoms with E-state index < -0.39 is 0 Å². The van der Waals surface area contributed by atoms with Crippen LogP contribution >= 0.6 is 0 Å². The minimum atomic E-state index is -0.182. The monoisotopic (exact) mass is 266 g/mol. The van der Waals surface area contributed by atoms with E-state index in [1.54, 1.807) is 0 Å². The highest BCUT2D eigenvalue weighted by atomic mass is 16.2. The average Bonchev–Trinajstić information content (AvgIpc) is 2.48. The predicted octanol–water partition coefficient (Wildman–Crippen LogP) is 2.03. The summed E-state index contributed by atoms with van der Waals surface area (Å²) in [5.74, 6) is 0.917. The van der Waals surface area contributed by atoms with Gasteiger partial charge >= 0.3 is 0 Å². The van der Waals surface area contributed by atoms with Crippen LogP contribution < -0.4 is 0 Å². The Morgan fingerprint density at radius 3 is 2.58 bits per heavy atom. The topological polar surface area (TPSA) is 40.6 Å². The van der Waals surface area contributed by atoms with E-state index >= 15 is 0 Å². The number of hydrogen-bond donors (Lipinski definition) is 0. The molecule has 2 atom stereocenters. The maximum Gasteiger partial charge on any atom is 0.245 e. The van der Waals surface area contributed by atoms with Crippen LogP contribution in [0.15, 0.2) is 0 Å². The summed E-state index contributed by atoms with van der Waals surface area (Å²) in [4.78, 5) is 28.6. The smallest absolute Gasteiger partial charge is 0.245 e. The molecule has 0 saturated carbocycles. The maximum absolute atomic E-state index is 12.7. The summed E-state index contributed by atoms with van der Waals surface area (Å²) in [6.07, 6.45) is 4.44. The van der Waals surface area contributed by atoms with Crippen LogP contribution in [-0.4, -0.2) is 46.8 Å². The van der Waals surface area contributed by atoms with Gasteiger partial charge in [-0.25, -0.2) is 0 Å².